The van der Waals surface area contributed by atoms with Crippen LogP contribution in [0.25, 0.3) is 0 Å². The van der Waals surface area contributed by atoms with Crippen LogP contribution < -0.4 is 14.8 Å². The Hall–Kier alpha value is -2.92. The summed E-state index contributed by atoms with van der Waals surface area (Å²) in [6.07, 6.45) is 3.82. The van der Waals surface area contributed by atoms with Gasteiger partial charge in [-0.2, -0.15) is 0 Å². The van der Waals surface area contributed by atoms with Crippen LogP contribution in [0.2, 0.25) is 0 Å². The molecule has 1 fully saturated rings. The minimum Gasteiger partial charge on any atom is -0.426 e. The van der Waals surface area contributed by atoms with E-state index in [1.54, 1.807) is 48.5 Å². The fraction of sp³-hybridized carbons (Fsp3) is 0.200. The van der Waals surface area contributed by atoms with E-state index in [2.05, 4.69) is 5.32 Å². The quantitative estimate of drug-likeness (QED) is 0.528. The van der Waals surface area contributed by atoms with E-state index >= 15 is 0 Å². The third-order valence-corrected chi connectivity index (χ3v) is 4.54. The third kappa shape index (κ3) is 3.06. The van der Waals surface area contributed by atoms with Crippen molar-refractivity contribution in [3.05, 3.63) is 72.8 Å². The van der Waals surface area contributed by atoms with E-state index in [9.17, 15) is 9.59 Å². The van der Waals surface area contributed by atoms with E-state index in [-0.39, 0.29) is 12.1 Å². The molecule has 2 heterocycles. The van der Waals surface area contributed by atoms with Gasteiger partial charge in [-0.15, -0.1) is 0 Å². The number of fused-ring (bicyclic) bond motifs is 2. The third-order valence-electron chi connectivity index (χ3n) is 4.54. The van der Waals surface area contributed by atoms with Gasteiger partial charge in [-0.3, -0.25) is 9.59 Å². The molecule has 0 spiro atoms. The van der Waals surface area contributed by atoms with E-state index in [0.29, 0.717) is 11.5 Å². The van der Waals surface area contributed by atoms with Crippen molar-refractivity contribution in [3.63, 3.8) is 0 Å². The Bertz CT molecular complexity index is 735. The van der Waals surface area contributed by atoms with Crippen LogP contribution >= 0.6 is 0 Å². The molecule has 2 bridgehead atoms. The van der Waals surface area contributed by atoms with Gasteiger partial charge in [0.25, 0.3) is 0 Å². The first-order valence-corrected chi connectivity index (χ1v) is 8.20. The predicted molar refractivity (Wildman–Crippen MR) is 91.0 cm³/mol. The standard InChI is InChI=1S/C20H17NO4/c22-19(24-13-7-3-1-4-8-13)17-15-11-12-16(21-15)18(17)20(23)25-14-9-5-2-6-10-14/h1-12,15-18,21H. The number of hydrogen-bond donors (Lipinski definition) is 1. The maximum absolute atomic E-state index is 12.7. The highest BCUT2D eigenvalue weighted by Gasteiger charge is 2.53. The number of esters is 2. The van der Waals surface area contributed by atoms with Gasteiger partial charge >= 0.3 is 11.9 Å². The Morgan fingerprint density at radius 1 is 0.680 bits per heavy atom. The first kappa shape index (κ1) is 15.6. The van der Waals surface area contributed by atoms with Crippen LogP contribution in [0.3, 0.4) is 0 Å². The molecular formula is C20H17NO4. The number of ether oxygens (including phenoxy) is 2. The van der Waals surface area contributed by atoms with Crippen molar-refractivity contribution in [2.24, 2.45) is 11.8 Å². The second kappa shape index (κ2) is 6.53. The topological polar surface area (TPSA) is 64.6 Å². The number of rotatable bonds is 4. The second-order valence-corrected chi connectivity index (χ2v) is 6.12. The summed E-state index contributed by atoms with van der Waals surface area (Å²) in [5, 5.41) is 3.25. The van der Waals surface area contributed by atoms with Crippen LogP contribution in [0.15, 0.2) is 72.8 Å². The molecule has 1 N–H and O–H groups in total. The molecular weight excluding hydrogens is 318 g/mol. The molecule has 1 saturated heterocycles. The molecule has 5 heteroatoms. The molecule has 2 aliphatic heterocycles. The minimum atomic E-state index is -0.605. The fourth-order valence-electron chi connectivity index (χ4n) is 3.40. The first-order valence-electron chi connectivity index (χ1n) is 8.20. The molecule has 4 unspecified atom stereocenters. The van der Waals surface area contributed by atoms with Crippen LogP contribution in [0, 0.1) is 11.8 Å². The molecule has 0 aromatic heterocycles. The average molecular weight is 335 g/mol. The van der Waals surface area contributed by atoms with Crippen molar-refractivity contribution < 1.29 is 19.1 Å². The van der Waals surface area contributed by atoms with Gasteiger partial charge in [-0.1, -0.05) is 48.6 Å². The normalized spacial score (nSPS) is 26.4. The van der Waals surface area contributed by atoms with Gasteiger partial charge in [0.05, 0.1) is 11.8 Å². The van der Waals surface area contributed by atoms with Gasteiger partial charge in [-0.25, -0.2) is 0 Å². The van der Waals surface area contributed by atoms with Crippen LogP contribution in [-0.4, -0.2) is 24.0 Å². The number of carbonyl (C=O) groups is 2. The lowest BCUT2D eigenvalue weighted by Gasteiger charge is -2.23. The summed E-state index contributed by atoms with van der Waals surface area (Å²) in [4.78, 5) is 25.3. The number of benzene rings is 2. The molecule has 5 nitrogen and oxygen atoms in total. The van der Waals surface area contributed by atoms with Gasteiger partial charge < -0.3 is 14.8 Å². The monoisotopic (exact) mass is 335 g/mol. The van der Waals surface area contributed by atoms with Gasteiger partial charge in [0, 0.05) is 12.1 Å². The zero-order valence-corrected chi connectivity index (χ0v) is 13.4. The summed E-state index contributed by atoms with van der Waals surface area (Å²) in [6, 6.07) is 17.3. The first-order chi connectivity index (χ1) is 12.2. The smallest absolute Gasteiger partial charge is 0.317 e. The van der Waals surface area contributed by atoms with E-state index in [4.69, 9.17) is 9.47 Å². The number of para-hydroxylation sites is 2. The lowest BCUT2D eigenvalue weighted by molar-refractivity contribution is -0.149. The lowest BCUT2D eigenvalue weighted by Crippen LogP contribution is -2.40. The number of hydrogen-bond acceptors (Lipinski definition) is 5. The van der Waals surface area contributed by atoms with Crippen molar-refractivity contribution in [2.75, 3.05) is 0 Å². The summed E-state index contributed by atoms with van der Waals surface area (Å²) in [7, 11) is 0. The largest absolute Gasteiger partial charge is 0.426 e. The molecule has 25 heavy (non-hydrogen) atoms. The Morgan fingerprint density at radius 3 is 1.48 bits per heavy atom. The average Bonchev–Trinajstić information content (AvgIpc) is 3.24. The van der Waals surface area contributed by atoms with E-state index in [0.717, 1.165) is 0 Å². The highest BCUT2D eigenvalue weighted by atomic mass is 16.5. The summed E-state index contributed by atoms with van der Waals surface area (Å²) >= 11 is 0. The predicted octanol–water partition coefficient (Wildman–Crippen LogP) is 2.34. The SMILES string of the molecule is O=C(Oc1ccccc1)C1C2C=CC(N2)C1C(=O)Oc1ccccc1. The van der Waals surface area contributed by atoms with Crippen LogP contribution in [0.1, 0.15) is 0 Å². The van der Waals surface area contributed by atoms with E-state index in [1.807, 2.05) is 24.3 Å². The van der Waals surface area contributed by atoms with Crippen LogP contribution in [-0.2, 0) is 9.59 Å². The van der Waals surface area contributed by atoms with E-state index < -0.39 is 23.8 Å². The van der Waals surface area contributed by atoms with Gasteiger partial charge in [-0.05, 0) is 24.3 Å². The molecule has 4 atom stereocenters. The van der Waals surface area contributed by atoms with Crippen molar-refractivity contribution in [2.45, 2.75) is 12.1 Å². The molecule has 0 saturated carbocycles. The van der Waals surface area contributed by atoms with Crippen molar-refractivity contribution in [1.29, 1.82) is 0 Å². The highest BCUT2D eigenvalue weighted by molar-refractivity contribution is 5.87. The Kier molecular flexibility index (Phi) is 4.07. The molecule has 0 amide bonds. The van der Waals surface area contributed by atoms with Gasteiger partial charge in [0.15, 0.2) is 0 Å². The summed E-state index contributed by atoms with van der Waals surface area (Å²) in [5.41, 5.74) is 0. The number of carbonyl (C=O) groups excluding carboxylic acids is 2. The minimum absolute atomic E-state index is 0.213. The molecule has 4 rings (SSSR count). The van der Waals surface area contributed by atoms with Crippen molar-refractivity contribution in [1.82, 2.24) is 5.32 Å². The van der Waals surface area contributed by atoms with Crippen molar-refractivity contribution in [3.8, 4) is 11.5 Å². The molecule has 0 radical (unpaired) electrons. The Labute approximate surface area is 145 Å². The van der Waals surface area contributed by atoms with Crippen molar-refractivity contribution >= 4 is 11.9 Å². The Morgan fingerprint density at radius 2 is 1.08 bits per heavy atom. The Balaban J connectivity index is 1.52. The van der Waals surface area contributed by atoms with Crippen LogP contribution in [0.5, 0.6) is 11.5 Å². The van der Waals surface area contributed by atoms with Gasteiger partial charge in [0.2, 0.25) is 0 Å². The highest BCUT2D eigenvalue weighted by Crippen LogP contribution is 2.36. The molecule has 2 aromatic carbocycles. The molecule has 2 aliphatic rings. The second-order valence-electron chi connectivity index (χ2n) is 6.12. The maximum atomic E-state index is 12.7. The maximum Gasteiger partial charge on any atom is 0.317 e. The van der Waals surface area contributed by atoms with Crippen LogP contribution in [0.4, 0.5) is 0 Å². The number of nitrogens with one attached hydrogen (secondary N) is 1. The molecule has 2 aromatic rings. The lowest BCUT2D eigenvalue weighted by atomic mass is 9.83. The zero-order chi connectivity index (χ0) is 17.2. The summed E-state index contributed by atoms with van der Waals surface area (Å²) in [6.45, 7) is 0. The summed E-state index contributed by atoms with van der Waals surface area (Å²) < 4.78 is 10.9. The molecule has 0 aliphatic carbocycles. The summed E-state index contributed by atoms with van der Waals surface area (Å²) in [5.74, 6) is -1.13. The van der Waals surface area contributed by atoms with Gasteiger partial charge in [0.1, 0.15) is 11.5 Å². The van der Waals surface area contributed by atoms with E-state index in [1.165, 1.54) is 0 Å². The fourth-order valence-corrected chi connectivity index (χ4v) is 3.40. The zero-order valence-electron chi connectivity index (χ0n) is 13.4. The molecule has 126 valence electrons.